The van der Waals surface area contributed by atoms with Crippen molar-refractivity contribution in [2.75, 3.05) is 5.32 Å². The number of benzene rings is 1. The van der Waals surface area contributed by atoms with E-state index in [4.69, 9.17) is 0 Å². The molecule has 7 heteroatoms. The second-order valence-corrected chi connectivity index (χ2v) is 7.82. The highest BCUT2D eigenvalue weighted by Crippen LogP contribution is 2.36. The molecule has 0 atom stereocenters. The third-order valence-electron chi connectivity index (χ3n) is 5.40. The SMILES string of the molecule is CC1(C)NC(=O)c2ccc(-c3c[nH]c4nc(NC(=O)c5ccncc5)ccc34)cc21. The predicted molar refractivity (Wildman–Crippen MR) is 114 cm³/mol. The van der Waals surface area contributed by atoms with Crippen LogP contribution < -0.4 is 10.6 Å². The highest BCUT2D eigenvalue weighted by atomic mass is 16.2. The zero-order chi connectivity index (χ0) is 20.9. The molecule has 0 aliphatic carbocycles. The van der Waals surface area contributed by atoms with Gasteiger partial charge in [0.15, 0.2) is 0 Å². The van der Waals surface area contributed by atoms with E-state index in [0.29, 0.717) is 22.6 Å². The summed E-state index contributed by atoms with van der Waals surface area (Å²) in [6, 6.07) is 12.9. The number of hydrogen-bond acceptors (Lipinski definition) is 4. The van der Waals surface area contributed by atoms with Crippen LogP contribution in [0.3, 0.4) is 0 Å². The Kier molecular flexibility index (Phi) is 3.92. The van der Waals surface area contributed by atoms with Crippen molar-refractivity contribution in [2.24, 2.45) is 0 Å². The fraction of sp³-hybridized carbons (Fsp3) is 0.130. The van der Waals surface area contributed by atoms with Gasteiger partial charge in [0.05, 0.1) is 5.54 Å². The van der Waals surface area contributed by atoms with Crippen LogP contribution in [0.1, 0.15) is 40.1 Å². The van der Waals surface area contributed by atoms with Crippen LogP contribution in [0.15, 0.2) is 61.1 Å². The number of hydrogen-bond donors (Lipinski definition) is 3. The van der Waals surface area contributed by atoms with Crippen molar-refractivity contribution in [3.8, 4) is 11.1 Å². The largest absolute Gasteiger partial charge is 0.345 e. The van der Waals surface area contributed by atoms with Crippen LogP contribution >= 0.6 is 0 Å². The number of aromatic nitrogens is 3. The van der Waals surface area contributed by atoms with Gasteiger partial charge in [-0.3, -0.25) is 14.6 Å². The minimum absolute atomic E-state index is 0.0447. The van der Waals surface area contributed by atoms with Gasteiger partial charge in [-0.2, -0.15) is 0 Å². The fourth-order valence-corrected chi connectivity index (χ4v) is 3.85. The lowest BCUT2D eigenvalue weighted by atomic mass is 9.91. The summed E-state index contributed by atoms with van der Waals surface area (Å²) in [7, 11) is 0. The zero-order valence-corrected chi connectivity index (χ0v) is 16.5. The standard InChI is InChI=1S/C23H19N5O2/c1-23(2)18-11-14(3-4-16(18)22(30)28-23)17-12-25-20-15(17)5-6-19(26-20)27-21(29)13-7-9-24-10-8-13/h3-12H,1-2H3,(H,28,30)(H2,25,26,27,29). The Morgan fingerprint density at radius 2 is 1.83 bits per heavy atom. The maximum atomic E-state index is 12.4. The van der Waals surface area contributed by atoms with E-state index in [1.165, 1.54) is 0 Å². The molecule has 0 saturated carbocycles. The average molecular weight is 397 g/mol. The van der Waals surface area contributed by atoms with Crippen LogP contribution in [-0.4, -0.2) is 26.8 Å². The summed E-state index contributed by atoms with van der Waals surface area (Å²) in [5.74, 6) is 0.174. The molecule has 7 nitrogen and oxygen atoms in total. The van der Waals surface area contributed by atoms with Crippen molar-refractivity contribution < 1.29 is 9.59 Å². The molecule has 148 valence electrons. The maximum Gasteiger partial charge on any atom is 0.256 e. The summed E-state index contributed by atoms with van der Waals surface area (Å²) < 4.78 is 0. The fourth-order valence-electron chi connectivity index (χ4n) is 3.85. The van der Waals surface area contributed by atoms with E-state index in [2.05, 4.69) is 31.7 Å². The molecule has 1 aliphatic heterocycles. The molecule has 1 aliphatic rings. The summed E-state index contributed by atoms with van der Waals surface area (Å²) >= 11 is 0. The number of carbonyl (C=O) groups excluding carboxylic acids is 2. The van der Waals surface area contributed by atoms with Crippen molar-refractivity contribution >= 4 is 28.7 Å². The van der Waals surface area contributed by atoms with Gasteiger partial charge in [-0.1, -0.05) is 6.07 Å². The normalized spacial score (nSPS) is 14.4. The van der Waals surface area contributed by atoms with E-state index in [0.717, 1.165) is 22.1 Å². The highest BCUT2D eigenvalue weighted by Gasteiger charge is 2.35. The molecule has 0 unspecified atom stereocenters. The lowest BCUT2D eigenvalue weighted by Crippen LogP contribution is -2.32. The minimum atomic E-state index is -0.406. The second-order valence-electron chi connectivity index (χ2n) is 7.82. The number of anilines is 1. The van der Waals surface area contributed by atoms with Gasteiger partial charge in [0, 0.05) is 40.7 Å². The summed E-state index contributed by atoms with van der Waals surface area (Å²) in [5.41, 5.74) is 4.46. The zero-order valence-electron chi connectivity index (χ0n) is 16.5. The van der Waals surface area contributed by atoms with Crippen LogP contribution in [0.5, 0.6) is 0 Å². The van der Waals surface area contributed by atoms with Gasteiger partial charge in [0.1, 0.15) is 11.5 Å². The summed E-state index contributed by atoms with van der Waals surface area (Å²) in [6.07, 6.45) is 5.04. The number of nitrogens with zero attached hydrogens (tertiary/aromatic N) is 2. The van der Waals surface area contributed by atoms with Gasteiger partial charge in [-0.25, -0.2) is 4.98 Å². The van der Waals surface area contributed by atoms with Gasteiger partial charge in [-0.05, 0) is 61.4 Å². The molecule has 0 spiro atoms. The van der Waals surface area contributed by atoms with Crippen molar-refractivity contribution in [3.63, 3.8) is 0 Å². The van der Waals surface area contributed by atoms with E-state index in [1.54, 1.807) is 30.6 Å². The second kappa shape index (κ2) is 6.52. The number of H-pyrrole nitrogens is 1. The van der Waals surface area contributed by atoms with Crippen LogP contribution in [0, 0.1) is 0 Å². The molecule has 4 heterocycles. The molecule has 0 saturated heterocycles. The van der Waals surface area contributed by atoms with E-state index in [-0.39, 0.29) is 11.8 Å². The first-order valence-corrected chi connectivity index (χ1v) is 9.59. The molecule has 30 heavy (non-hydrogen) atoms. The molecular weight excluding hydrogens is 378 g/mol. The number of rotatable bonds is 3. The third kappa shape index (κ3) is 2.91. The molecule has 5 rings (SSSR count). The number of aromatic amines is 1. The molecule has 0 fully saturated rings. The first kappa shape index (κ1) is 18.1. The Labute approximate surface area is 172 Å². The molecule has 4 aromatic rings. The molecule has 3 N–H and O–H groups in total. The van der Waals surface area contributed by atoms with Gasteiger partial charge in [0.25, 0.3) is 11.8 Å². The number of nitrogens with one attached hydrogen (secondary N) is 3. The van der Waals surface area contributed by atoms with Crippen molar-refractivity contribution in [2.45, 2.75) is 19.4 Å². The quantitative estimate of drug-likeness (QED) is 0.489. The molecule has 0 bridgehead atoms. The Morgan fingerprint density at radius 1 is 1.03 bits per heavy atom. The molecular formula is C23H19N5O2. The number of amides is 2. The lowest BCUT2D eigenvalue weighted by molar-refractivity contribution is 0.0939. The number of fused-ring (bicyclic) bond motifs is 2. The van der Waals surface area contributed by atoms with Crippen molar-refractivity contribution in [3.05, 3.63) is 77.7 Å². The molecule has 0 radical (unpaired) electrons. The van der Waals surface area contributed by atoms with E-state index < -0.39 is 5.54 Å². The average Bonchev–Trinajstić information content (AvgIpc) is 3.26. The van der Waals surface area contributed by atoms with E-state index in [1.807, 2.05) is 38.2 Å². The van der Waals surface area contributed by atoms with E-state index >= 15 is 0 Å². The van der Waals surface area contributed by atoms with Crippen molar-refractivity contribution in [1.29, 1.82) is 0 Å². The van der Waals surface area contributed by atoms with Gasteiger partial charge >= 0.3 is 0 Å². The van der Waals surface area contributed by atoms with Crippen LogP contribution in [-0.2, 0) is 5.54 Å². The topological polar surface area (TPSA) is 99.8 Å². The first-order valence-electron chi connectivity index (χ1n) is 9.59. The predicted octanol–water partition coefficient (Wildman–Crippen LogP) is 3.86. The van der Waals surface area contributed by atoms with Crippen LogP contribution in [0.4, 0.5) is 5.82 Å². The highest BCUT2D eigenvalue weighted by molar-refractivity contribution is 6.05. The Balaban J connectivity index is 1.48. The minimum Gasteiger partial charge on any atom is -0.345 e. The maximum absolute atomic E-state index is 12.4. The number of pyridine rings is 2. The van der Waals surface area contributed by atoms with E-state index in [9.17, 15) is 9.59 Å². The summed E-state index contributed by atoms with van der Waals surface area (Å²) in [4.78, 5) is 36.1. The summed E-state index contributed by atoms with van der Waals surface area (Å²) in [5, 5.41) is 6.75. The Bertz CT molecular complexity index is 1310. The molecule has 2 amide bonds. The van der Waals surface area contributed by atoms with Gasteiger partial charge in [0.2, 0.25) is 0 Å². The first-order chi connectivity index (χ1) is 14.4. The van der Waals surface area contributed by atoms with Gasteiger partial charge < -0.3 is 15.6 Å². The van der Waals surface area contributed by atoms with Crippen LogP contribution in [0.2, 0.25) is 0 Å². The smallest absolute Gasteiger partial charge is 0.256 e. The lowest BCUT2D eigenvalue weighted by Gasteiger charge is -2.19. The van der Waals surface area contributed by atoms with Crippen molar-refractivity contribution in [1.82, 2.24) is 20.3 Å². The Hall–Kier alpha value is -4.00. The van der Waals surface area contributed by atoms with Crippen LogP contribution in [0.25, 0.3) is 22.2 Å². The molecule has 3 aromatic heterocycles. The monoisotopic (exact) mass is 397 g/mol. The third-order valence-corrected chi connectivity index (χ3v) is 5.40. The van der Waals surface area contributed by atoms with Gasteiger partial charge in [-0.15, -0.1) is 0 Å². The number of carbonyl (C=O) groups is 2. The Morgan fingerprint density at radius 3 is 2.63 bits per heavy atom. The summed E-state index contributed by atoms with van der Waals surface area (Å²) in [6.45, 7) is 3.99. The molecule has 1 aromatic carbocycles.